The number of ketones is 1. The molecule has 146 valence electrons. The van der Waals surface area contributed by atoms with Gasteiger partial charge in [0.05, 0.1) is 14.2 Å². The lowest BCUT2D eigenvalue weighted by molar-refractivity contribution is -0.113. The van der Waals surface area contributed by atoms with Crippen LogP contribution in [0.2, 0.25) is 0 Å². The highest BCUT2D eigenvalue weighted by Crippen LogP contribution is 2.30. The average Bonchev–Trinajstić information content (AvgIpc) is 2.66. The zero-order chi connectivity index (χ0) is 20.3. The van der Waals surface area contributed by atoms with Gasteiger partial charge in [0.25, 0.3) is 0 Å². The highest BCUT2D eigenvalue weighted by Gasteiger charge is 2.24. The van der Waals surface area contributed by atoms with Crippen molar-refractivity contribution in [2.45, 2.75) is 0 Å². The number of hydrogen-bond acceptors (Lipinski definition) is 6. The molecular weight excluding hydrogens is 358 g/mol. The fourth-order valence-corrected chi connectivity index (χ4v) is 3.21. The lowest BCUT2D eigenvalue weighted by atomic mass is 9.94. The number of piperidine rings is 1. The number of aromatic hydroxyl groups is 2. The molecule has 3 rings (SSSR count). The Labute approximate surface area is 163 Å². The maximum Gasteiger partial charge on any atom is 0.187 e. The van der Waals surface area contributed by atoms with Crippen molar-refractivity contribution >= 4 is 17.9 Å². The number of nitrogens with zero attached hydrogens (tertiary/aromatic N) is 1. The van der Waals surface area contributed by atoms with Gasteiger partial charge in [-0.1, -0.05) is 12.1 Å². The van der Waals surface area contributed by atoms with Gasteiger partial charge in [0.1, 0.15) is 0 Å². The number of rotatable bonds is 4. The van der Waals surface area contributed by atoms with Gasteiger partial charge in [0, 0.05) is 24.2 Å². The molecule has 2 N–H and O–H groups in total. The first-order valence-electron chi connectivity index (χ1n) is 8.79. The summed E-state index contributed by atoms with van der Waals surface area (Å²) in [4.78, 5) is 15.0. The van der Waals surface area contributed by atoms with Crippen molar-refractivity contribution in [1.29, 1.82) is 0 Å². The van der Waals surface area contributed by atoms with Crippen LogP contribution < -0.4 is 9.47 Å². The number of carbonyl (C=O) groups is 1. The molecule has 0 saturated carbocycles. The summed E-state index contributed by atoms with van der Waals surface area (Å²) >= 11 is 0. The number of likely N-dealkylation sites (tertiary alicyclic amines) is 1. The van der Waals surface area contributed by atoms with E-state index in [-0.39, 0.29) is 17.3 Å². The molecule has 1 heterocycles. The van der Waals surface area contributed by atoms with Crippen LogP contribution in [-0.2, 0) is 4.79 Å². The Balaban J connectivity index is 1.92. The zero-order valence-corrected chi connectivity index (χ0v) is 16.1. The molecule has 0 radical (unpaired) electrons. The lowest BCUT2D eigenvalue weighted by Gasteiger charge is -2.26. The van der Waals surface area contributed by atoms with E-state index in [2.05, 4.69) is 0 Å². The molecule has 0 bridgehead atoms. The Kier molecular flexibility index (Phi) is 5.70. The smallest absolute Gasteiger partial charge is 0.187 e. The Bertz CT molecular complexity index is 886. The fourth-order valence-electron chi connectivity index (χ4n) is 3.21. The molecule has 2 aromatic rings. The first-order chi connectivity index (χ1) is 13.4. The molecule has 0 amide bonds. The van der Waals surface area contributed by atoms with Crippen molar-refractivity contribution in [2.24, 2.45) is 0 Å². The number of phenols is 2. The van der Waals surface area contributed by atoms with Crippen molar-refractivity contribution in [2.75, 3.05) is 34.4 Å². The van der Waals surface area contributed by atoms with Gasteiger partial charge in [-0.25, -0.2) is 0 Å². The Hall–Kier alpha value is -3.25. The third kappa shape index (κ3) is 4.18. The minimum atomic E-state index is -0.0521. The lowest BCUT2D eigenvalue weighted by Crippen LogP contribution is -2.34. The number of Topliss-reactive ketones (excluding diaryl/α,β-unsaturated/α-hetero) is 1. The zero-order valence-electron chi connectivity index (χ0n) is 16.1. The molecule has 0 aliphatic carbocycles. The Morgan fingerprint density at radius 2 is 1.29 bits per heavy atom. The number of benzene rings is 2. The summed E-state index contributed by atoms with van der Waals surface area (Å²) < 4.78 is 10.1. The van der Waals surface area contributed by atoms with Gasteiger partial charge in [-0.3, -0.25) is 9.69 Å². The second-order valence-corrected chi connectivity index (χ2v) is 6.70. The minimum absolute atomic E-state index is 0.0259. The van der Waals surface area contributed by atoms with E-state index in [1.54, 1.807) is 48.6 Å². The summed E-state index contributed by atoms with van der Waals surface area (Å²) in [6, 6.07) is 10.0. The number of methoxy groups -OCH3 is 2. The molecule has 0 atom stereocenters. The molecule has 0 aromatic heterocycles. The predicted octanol–water partition coefficient (Wildman–Crippen LogP) is 3.10. The molecule has 0 unspecified atom stereocenters. The molecule has 2 aromatic carbocycles. The van der Waals surface area contributed by atoms with E-state index in [1.165, 1.54) is 14.2 Å². The molecule has 1 saturated heterocycles. The van der Waals surface area contributed by atoms with Crippen LogP contribution in [-0.4, -0.2) is 55.3 Å². The monoisotopic (exact) mass is 381 g/mol. The second-order valence-electron chi connectivity index (χ2n) is 6.70. The SMILES string of the molecule is COc1ccc(/C=C2\CN(C)C/C(=C\c3ccc(OC)c(O)c3)C2=O)cc1O. The first-order valence-corrected chi connectivity index (χ1v) is 8.79. The van der Waals surface area contributed by atoms with Crippen LogP contribution in [0.5, 0.6) is 23.0 Å². The number of carbonyl (C=O) groups excluding carboxylic acids is 1. The molecule has 1 aliphatic heterocycles. The second kappa shape index (κ2) is 8.19. The highest BCUT2D eigenvalue weighted by atomic mass is 16.5. The van der Waals surface area contributed by atoms with Crippen LogP contribution in [0.15, 0.2) is 47.5 Å². The maximum atomic E-state index is 13.0. The fraction of sp³-hybridized carbons (Fsp3) is 0.227. The molecule has 1 fully saturated rings. The van der Waals surface area contributed by atoms with Crippen molar-refractivity contribution in [3.8, 4) is 23.0 Å². The van der Waals surface area contributed by atoms with Crippen LogP contribution in [0, 0.1) is 0 Å². The number of hydrogen-bond donors (Lipinski definition) is 2. The van der Waals surface area contributed by atoms with Gasteiger partial charge in [0.15, 0.2) is 28.8 Å². The molecule has 6 nitrogen and oxygen atoms in total. The average molecular weight is 381 g/mol. The van der Waals surface area contributed by atoms with Gasteiger partial charge in [-0.2, -0.15) is 0 Å². The summed E-state index contributed by atoms with van der Waals surface area (Å²) in [6.45, 7) is 1.02. The molecule has 6 heteroatoms. The normalized spacial score (nSPS) is 17.9. The van der Waals surface area contributed by atoms with Crippen molar-refractivity contribution < 1.29 is 24.5 Å². The van der Waals surface area contributed by atoms with Gasteiger partial charge >= 0.3 is 0 Å². The molecule has 28 heavy (non-hydrogen) atoms. The van der Waals surface area contributed by atoms with E-state index >= 15 is 0 Å². The summed E-state index contributed by atoms with van der Waals surface area (Å²) in [5.74, 6) is 0.767. The van der Waals surface area contributed by atoms with Crippen LogP contribution in [0.1, 0.15) is 11.1 Å². The quantitative estimate of drug-likeness (QED) is 0.793. The van der Waals surface area contributed by atoms with Gasteiger partial charge < -0.3 is 19.7 Å². The van der Waals surface area contributed by atoms with Crippen LogP contribution >= 0.6 is 0 Å². The van der Waals surface area contributed by atoms with Gasteiger partial charge in [-0.15, -0.1) is 0 Å². The third-order valence-corrected chi connectivity index (χ3v) is 4.55. The van der Waals surface area contributed by atoms with E-state index in [1.807, 2.05) is 11.9 Å². The van der Waals surface area contributed by atoms with E-state index < -0.39 is 0 Å². The molecule has 1 aliphatic rings. The van der Waals surface area contributed by atoms with E-state index in [9.17, 15) is 15.0 Å². The van der Waals surface area contributed by atoms with E-state index in [0.717, 1.165) is 11.1 Å². The molecule has 0 spiro atoms. The highest BCUT2D eigenvalue weighted by molar-refractivity contribution is 6.14. The standard InChI is InChI=1S/C22H23NO5/c1-23-12-16(8-14-4-6-20(27-2)18(24)10-14)22(26)17(13-23)9-15-5-7-21(28-3)19(25)11-15/h4-11,24-25H,12-13H2,1-3H3/b16-8+,17-9+. The number of ether oxygens (including phenoxy) is 2. The summed E-state index contributed by atoms with van der Waals surface area (Å²) in [7, 11) is 4.91. The summed E-state index contributed by atoms with van der Waals surface area (Å²) in [6.07, 6.45) is 3.55. The maximum absolute atomic E-state index is 13.0. The topological polar surface area (TPSA) is 79.2 Å². The van der Waals surface area contributed by atoms with Crippen molar-refractivity contribution in [3.63, 3.8) is 0 Å². The minimum Gasteiger partial charge on any atom is -0.504 e. The summed E-state index contributed by atoms with van der Waals surface area (Å²) in [5.41, 5.74) is 2.70. The van der Waals surface area contributed by atoms with Crippen molar-refractivity contribution in [1.82, 2.24) is 4.90 Å². The Morgan fingerprint density at radius 1 is 0.857 bits per heavy atom. The Morgan fingerprint density at radius 3 is 1.64 bits per heavy atom. The molecular formula is C22H23NO5. The van der Waals surface area contributed by atoms with Crippen LogP contribution in [0.4, 0.5) is 0 Å². The summed E-state index contributed by atoms with van der Waals surface area (Å²) in [5, 5.41) is 19.9. The third-order valence-electron chi connectivity index (χ3n) is 4.55. The van der Waals surface area contributed by atoms with Crippen LogP contribution in [0.25, 0.3) is 12.2 Å². The first kappa shape index (κ1) is 19.5. The van der Waals surface area contributed by atoms with Gasteiger partial charge in [-0.05, 0) is 54.6 Å². The van der Waals surface area contributed by atoms with Crippen molar-refractivity contribution in [3.05, 3.63) is 58.7 Å². The largest absolute Gasteiger partial charge is 0.504 e. The number of phenolic OH excluding ortho intramolecular Hbond substituents is 2. The predicted molar refractivity (Wildman–Crippen MR) is 108 cm³/mol. The van der Waals surface area contributed by atoms with Crippen LogP contribution in [0.3, 0.4) is 0 Å². The van der Waals surface area contributed by atoms with Gasteiger partial charge in [0.2, 0.25) is 0 Å². The van der Waals surface area contributed by atoms with E-state index in [0.29, 0.717) is 35.7 Å². The number of likely N-dealkylation sites (N-methyl/N-ethyl adjacent to an activating group) is 1. The van der Waals surface area contributed by atoms with E-state index in [4.69, 9.17) is 9.47 Å².